The fourth-order valence-electron chi connectivity index (χ4n) is 2.32. The zero-order valence-corrected chi connectivity index (χ0v) is 7.56. The average Bonchev–Trinajstić information content (AvgIpc) is 2.34. The summed E-state index contributed by atoms with van der Waals surface area (Å²) in [6, 6.07) is 0. The van der Waals surface area contributed by atoms with Crippen LogP contribution in [0.2, 0.25) is 0 Å². The normalized spacial score (nSPS) is 36.3. The maximum Gasteiger partial charge on any atom is -0.0363 e. The molecule has 0 amide bonds. The van der Waals surface area contributed by atoms with Gasteiger partial charge in [0.25, 0.3) is 0 Å². The minimum atomic E-state index is 0.970. The monoisotopic (exact) mass is 140 g/mol. The first-order valence-corrected chi connectivity index (χ1v) is 4.75. The van der Waals surface area contributed by atoms with Gasteiger partial charge in [0, 0.05) is 0 Å². The van der Waals surface area contributed by atoms with E-state index in [0.717, 1.165) is 17.8 Å². The van der Waals surface area contributed by atoms with Crippen molar-refractivity contribution in [1.29, 1.82) is 0 Å². The maximum absolute atomic E-state index is 2.42. The average molecular weight is 140 g/mol. The SMILES string of the molecule is CC[C@H](C)[C@@H]1CCC[C@@H]1C. The predicted molar refractivity (Wildman–Crippen MR) is 46.0 cm³/mol. The van der Waals surface area contributed by atoms with Gasteiger partial charge in [-0.05, 0) is 24.2 Å². The van der Waals surface area contributed by atoms with E-state index < -0.39 is 0 Å². The maximum atomic E-state index is 2.42. The molecule has 0 bridgehead atoms. The van der Waals surface area contributed by atoms with Crippen molar-refractivity contribution in [1.82, 2.24) is 0 Å². The second-order valence-electron chi connectivity index (χ2n) is 3.96. The molecule has 0 spiro atoms. The van der Waals surface area contributed by atoms with E-state index in [-0.39, 0.29) is 0 Å². The molecule has 0 heteroatoms. The highest BCUT2D eigenvalue weighted by Crippen LogP contribution is 2.37. The Balaban J connectivity index is 2.38. The van der Waals surface area contributed by atoms with Gasteiger partial charge < -0.3 is 0 Å². The zero-order chi connectivity index (χ0) is 7.56. The van der Waals surface area contributed by atoms with Gasteiger partial charge in [-0.2, -0.15) is 0 Å². The van der Waals surface area contributed by atoms with Crippen molar-refractivity contribution in [3.8, 4) is 0 Å². The van der Waals surface area contributed by atoms with Crippen LogP contribution in [0.5, 0.6) is 0 Å². The van der Waals surface area contributed by atoms with Crippen LogP contribution >= 0.6 is 0 Å². The molecule has 60 valence electrons. The van der Waals surface area contributed by atoms with Crippen LogP contribution in [0.25, 0.3) is 0 Å². The highest BCUT2D eigenvalue weighted by atomic mass is 14.3. The van der Waals surface area contributed by atoms with Crippen molar-refractivity contribution in [2.45, 2.75) is 46.5 Å². The van der Waals surface area contributed by atoms with E-state index in [0.29, 0.717) is 0 Å². The third kappa shape index (κ3) is 1.53. The molecule has 0 aromatic rings. The van der Waals surface area contributed by atoms with Gasteiger partial charge in [-0.1, -0.05) is 40.0 Å². The zero-order valence-electron chi connectivity index (χ0n) is 7.56. The largest absolute Gasteiger partial charge is 0.0651 e. The lowest BCUT2D eigenvalue weighted by atomic mass is 9.85. The minimum absolute atomic E-state index is 0.970. The summed E-state index contributed by atoms with van der Waals surface area (Å²) in [5.41, 5.74) is 0. The van der Waals surface area contributed by atoms with Crippen molar-refractivity contribution in [2.75, 3.05) is 0 Å². The van der Waals surface area contributed by atoms with Gasteiger partial charge >= 0.3 is 0 Å². The van der Waals surface area contributed by atoms with Crippen LogP contribution in [-0.4, -0.2) is 0 Å². The van der Waals surface area contributed by atoms with Gasteiger partial charge in [-0.25, -0.2) is 0 Å². The molecule has 0 unspecified atom stereocenters. The molecule has 3 atom stereocenters. The van der Waals surface area contributed by atoms with E-state index in [2.05, 4.69) is 20.8 Å². The summed E-state index contributed by atoms with van der Waals surface area (Å²) in [4.78, 5) is 0. The van der Waals surface area contributed by atoms with Crippen molar-refractivity contribution in [2.24, 2.45) is 17.8 Å². The fraction of sp³-hybridized carbons (Fsp3) is 1.00. The quantitative estimate of drug-likeness (QED) is 0.551. The summed E-state index contributed by atoms with van der Waals surface area (Å²) in [5.74, 6) is 3.03. The van der Waals surface area contributed by atoms with Crippen LogP contribution in [0.1, 0.15) is 46.5 Å². The lowest BCUT2D eigenvalue weighted by Gasteiger charge is -2.21. The molecular formula is C10H20. The Bertz CT molecular complexity index is 96.2. The van der Waals surface area contributed by atoms with Crippen LogP contribution in [0.4, 0.5) is 0 Å². The molecule has 0 aromatic carbocycles. The van der Waals surface area contributed by atoms with Gasteiger partial charge in [0.1, 0.15) is 0 Å². The standard InChI is InChI=1S/C10H20/c1-4-8(2)10-7-5-6-9(10)3/h8-10H,4-7H2,1-3H3/t8-,9-,10-/m0/s1. The van der Waals surface area contributed by atoms with Crippen molar-refractivity contribution in [3.05, 3.63) is 0 Å². The van der Waals surface area contributed by atoms with Gasteiger partial charge in [0.05, 0.1) is 0 Å². The molecule has 0 N–H and O–H groups in total. The van der Waals surface area contributed by atoms with Gasteiger partial charge in [-0.15, -0.1) is 0 Å². The Hall–Kier alpha value is 0. The Morgan fingerprint density at radius 3 is 2.50 bits per heavy atom. The number of hydrogen-bond acceptors (Lipinski definition) is 0. The summed E-state index contributed by atoms with van der Waals surface area (Å²) in [7, 11) is 0. The molecule has 0 nitrogen and oxygen atoms in total. The summed E-state index contributed by atoms with van der Waals surface area (Å²) in [5, 5.41) is 0. The Kier molecular flexibility index (Phi) is 2.76. The molecule has 0 radical (unpaired) electrons. The molecule has 0 saturated heterocycles. The highest BCUT2D eigenvalue weighted by Gasteiger charge is 2.26. The predicted octanol–water partition coefficient (Wildman–Crippen LogP) is 3.47. The molecule has 1 saturated carbocycles. The van der Waals surface area contributed by atoms with Crippen LogP contribution in [-0.2, 0) is 0 Å². The van der Waals surface area contributed by atoms with Gasteiger partial charge in [0.15, 0.2) is 0 Å². The van der Waals surface area contributed by atoms with Gasteiger partial charge in [0.2, 0.25) is 0 Å². The van der Waals surface area contributed by atoms with E-state index >= 15 is 0 Å². The second kappa shape index (κ2) is 3.41. The lowest BCUT2D eigenvalue weighted by molar-refractivity contribution is 0.287. The smallest absolute Gasteiger partial charge is 0.0363 e. The Labute approximate surface area is 65.0 Å². The first-order chi connectivity index (χ1) is 4.75. The van der Waals surface area contributed by atoms with Crippen molar-refractivity contribution >= 4 is 0 Å². The van der Waals surface area contributed by atoms with Crippen molar-refractivity contribution in [3.63, 3.8) is 0 Å². The highest BCUT2D eigenvalue weighted by molar-refractivity contribution is 4.77. The van der Waals surface area contributed by atoms with E-state index in [1.807, 2.05) is 0 Å². The topological polar surface area (TPSA) is 0 Å². The fourth-order valence-corrected chi connectivity index (χ4v) is 2.32. The lowest BCUT2D eigenvalue weighted by Crippen LogP contribution is -2.13. The first kappa shape index (κ1) is 8.10. The molecule has 0 heterocycles. The third-order valence-electron chi connectivity index (χ3n) is 3.30. The third-order valence-corrected chi connectivity index (χ3v) is 3.30. The Morgan fingerprint density at radius 1 is 1.40 bits per heavy atom. The van der Waals surface area contributed by atoms with Crippen LogP contribution in [0.3, 0.4) is 0 Å². The molecule has 1 aliphatic carbocycles. The molecule has 1 aliphatic rings. The number of rotatable bonds is 2. The van der Waals surface area contributed by atoms with E-state index in [1.165, 1.54) is 25.7 Å². The van der Waals surface area contributed by atoms with E-state index in [9.17, 15) is 0 Å². The molecule has 0 aliphatic heterocycles. The summed E-state index contributed by atoms with van der Waals surface area (Å²) < 4.78 is 0. The molecule has 0 aromatic heterocycles. The number of hydrogen-bond donors (Lipinski definition) is 0. The molecule has 1 fully saturated rings. The summed E-state index contributed by atoms with van der Waals surface area (Å²) in [6.07, 6.45) is 5.83. The Morgan fingerprint density at radius 2 is 2.10 bits per heavy atom. The van der Waals surface area contributed by atoms with Gasteiger partial charge in [-0.3, -0.25) is 0 Å². The molecule has 10 heavy (non-hydrogen) atoms. The van der Waals surface area contributed by atoms with Crippen LogP contribution < -0.4 is 0 Å². The summed E-state index contributed by atoms with van der Waals surface area (Å²) >= 11 is 0. The van der Waals surface area contributed by atoms with Crippen LogP contribution in [0, 0.1) is 17.8 Å². The molecular weight excluding hydrogens is 120 g/mol. The summed E-state index contributed by atoms with van der Waals surface area (Å²) in [6.45, 7) is 7.14. The van der Waals surface area contributed by atoms with Crippen molar-refractivity contribution < 1.29 is 0 Å². The van der Waals surface area contributed by atoms with E-state index in [4.69, 9.17) is 0 Å². The second-order valence-corrected chi connectivity index (χ2v) is 3.96. The first-order valence-electron chi connectivity index (χ1n) is 4.75. The minimum Gasteiger partial charge on any atom is -0.0651 e. The molecule has 1 rings (SSSR count). The van der Waals surface area contributed by atoms with Crippen LogP contribution in [0.15, 0.2) is 0 Å². The van der Waals surface area contributed by atoms with E-state index in [1.54, 1.807) is 0 Å².